The first-order chi connectivity index (χ1) is 8.09. The number of rotatable bonds is 3. The monoisotopic (exact) mass is 269 g/mol. The molecule has 0 radical (unpaired) electrons. The van der Waals surface area contributed by atoms with E-state index in [0.29, 0.717) is 11.5 Å². The van der Waals surface area contributed by atoms with Gasteiger partial charge in [-0.05, 0) is 30.4 Å². The summed E-state index contributed by atoms with van der Waals surface area (Å²) in [5.41, 5.74) is 6.20. The molecule has 0 bridgehead atoms. The van der Waals surface area contributed by atoms with Crippen LogP contribution in [0.25, 0.3) is 0 Å². The summed E-state index contributed by atoms with van der Waals surface area (Å²) in [6, 6.07) is 5.10. The fraction of sp³-hybridized carbons (Fsp3) is 0.538. The van der Waals surface area contributed by atoms with Crippen LogP contribution in [0.1, 0.15) is 43.1 Å². The summed E-state index contributed by atoms with van der Waals surface area (Å²) in [4.78, 5) is 15.9. The first kappa shape index (κ1) is 14.8. The Labute approximate surface area is 114 Å². The third-order valence-electron chi connectivity index (χ3n) is 3.49. The Kier molecular flexibility index (Phi) is 4.96. The van der Waals surface area contributed by atoms with Crippen LogP contribution < -0.4 is 11.1 Å². The number of nitrogen functional groups attached to an aromatic ring is 1. The van der Waals surface area contributed by atoms with Gasteiger partial charge in [-0.2, -0.15) is 0 Å². The minimum atomic E-state index is -0.134. The quantitative estimate of drug-likeness (QED) is 0.885. The van der Waals surface area contributed by atoms with E-state index < -0.39 is 0 Å². The molecule has 0 aliphatic heterocycles. The third-order valence-corrected chi connectivity index (χ3v) is 3.49. The lowest BCUT2D eigenvalue weighted by Gasteiger charge is -2.23. The molecule has 1 fully saturated rings. The van der Waals surface area contributed by atoms with Crippen molar-refractivity contribution in [3.05, 3.63) is 23.9 Å². The van der Waals surface area contributed by atoms with Crippen molar-refractivity contribution in [1.29, 1.82) is 0 Å². The zero-order valence-electron chi connectivity index (χ0n) is 10.6. The smallest absolute Gasteiger partial charge is 0.269 e. The Bertz CT molecular complexity index is 416. The van der Waals surface area contributed by atoms with Crippen LogP contribution in [0.4, 0.5) is 5.82 Å². The van der Waals surface area contributed by atoms with Crippen LogP contribution in [0, 0.1) is 5.41 Å². The van der Waals surface area contributed by atoms with Crippen molar-refractivity contribution in [2.24, 2.45) is 5.41 Å². The molecule has 0 unspecified atom stereocenters. The van der Waals surface area contributed by atoms with Crippen molar-refractivity contribution in [1.82, 2.24) is 10.3 Å². The van der Waals surface area contributed by atoms with E-state index in [9.17, 15) is 4.79 Å². The van der Waals surface area contributed by atoms with Gasteiger partial charge in [-0.25, -0.2) is 4.98 Å². The fourth-order valence-corrected chi connectivity index (χ4v) is 2.37. The van der Waals surface area contributed by atoms with Crippen LogP contribution in [0.3, 0.4) is 0 Å². The van der Waals surface area contributed by atoms with Crippen LogP contribution in [-0.2, 0) is 0 Å². The first-order valence-electron chi connectivity index (χ1n) is 6.10. The van der Waals surface area contributed by atoms with Crippen molar-refractivity contribution < 1.29 is 4.79 Å². The molecule has 5 heteroatoms. The fourth-order valence-electron chi connectivity index (χ4n) is 2.37. The number of anilines is 1. The molecule has 1 amide bonds. The number of nitrogens with two attached hydrogens (primary N) is 1. The number of nitrogens with zero attached hydrogens (tertiary/aromatic N) is 1. The van der Waals surface area contributed by atoms with Gasteiger partial charge in [-0.1, -0.05) is 25.8 Å². The zero-order chi connectivity index (χ0) is 12.3. The van der Waals surface area contributed by atoms with Crippen molar-refractivity contribution in [3.63, 3.8) is 0 Å². The van der Waals surface area contributed by atoms with Gasteiger partial charge in [-0.3, -0.25) is 4.79 Å². The molecule has 1 heterocycles. The Morgan fingerprint density at radius 1 is 1.44 bits per heavy atom. The second-order valence-corrected chi connectivity index (χ2v) is 5.15. The SMILES string of the molecule is CC1(CNC(=O)c2cccc(N)n2)CCCC1.Cl. The maximum atomic E-state index is 11.9. The maximum Gasteiger partial charge on any atom is 0.269 e. The minimum Gasteiger partial charge on any atom is -0.384 e. The molecule has 0 atom stereocenters. The molecule has 0 aromatic carbocycles. The van der Waals surface area contributed by atoms with E-state index in [2.05, 4.69) is 17.2 Å². The number of carbonyl (C=O) groups is 1. The predicted octanol–water partition coefficient (Wildman–Crippen LogP) is 2.40. The number of carbonyl (C=O) groups excluding carboxylic acids is 1. The first-order valence-corrected chi connectivity index (χ1v) is 6.10. The number of hydrogen-bond acceptors (Lipinski definition) is 3. The number of halogens is 1. The lowest BCUT2D eigenvalue weighted by atomic mass is 9.89. The highest BCUT2D eigenvalue weighted by molar-refractivity contribution is 5.92. The summed E-state index contributed by atoms with van der Waals surface area (Å²) in [5, 5.41) is 2.95. The number of hydrogen-bond donors (Lipinski definition) is 2. The second kappa shape index (κ2) is 6.05. The average Bonchev–Trinajstić information content (AvgIpc) is 2.74. The van der Waals surface area contributed by atoms with E-state index in [-0.39, 0.29) is 23.7 Å². The molecule has 1 aliphatic carbocycles. The number of pyridine rings is 1. The standard InChI is InChI=1S/C13H19N3O.ClH/c1-13(7-2-3-8-13)9-15-12(17)10-5-4-6-11(14)16-10;/h4-6H,2-3,7-9H2,1H3,(H2,14,16)(H,15,17);1H. The topological polar surface area (TPSA) is 68.0 Å². The van der Waals surface area contributed by atoms with Crippen molar-refractivity contribution in [2.75, 3.05) is 12.3 Å². The van der Waals surface area contributed by atoms with Gasteiger partial charge in [0.15, 0.2) is 0 Å². The van der Waals surface area contributed by atoms with Crippen molar-refractivity contribution in [2.45, 2.75) is 32.6 Å². The molecule has 3 N–H and O–H groups in total. The normalized spacial score (nSPS) is 16.9. The van der Waals surface area contributed by atoms with Gasteiger partial charge in [0.1, 0.15) is 11.5 Å². The van der Waals surface area contributed by atoms with E-state index >= 15 is 0 Å². The van der Waals surface area contributed by atoms with Crippen LogP contribution >= 0.6 is 12.4 Å². The summed E-state index contributed by atoms with van der Waals surface area (Å²) in [6.45, 7) is 2.95. The van der Waals surface area contributed by atoms with E-state index in [4.69, 9.17) is 5.73 Å². The van der Waals surface area contributed by atoms with Gasteiger partial charge in [-0.15, -0.1) is 12.4 Å². The average molecular weight is 270 g/mol. The maximum absolute atomic E-state index is 11.9. The summed E-state index contributed by atoms with van der Waals surface area (Å²) in [5.74, 6) is 0.246. The predicted molar refractivity (Wildman–Crippen MR) is 74.8 cm³/mol. The molecule has 18 heavy (non-hydrogen) atoms. The summed E-state index contributed by atoms with van der Waals surface area (Å²) in [7, 11) is 0. The Morgan fingerprint density at radius 2 is 2.11 bits per heavy atom. The zero-order valence-corrected chi connectivity index (χ0v) is 11.4. The number of nitrogens with one attached hydrogen (secondary N) is 1. The molecule has 100 valence electrons. The van der Waals surface area contributed by atoms with Gasteiger partial charge in [0.05, 0.1) is 0 Å². The summed E-state index contributed by atoms with van der Waals surface area (Å²) >= 11 is 0. The highest BCUT2D eigenvalue weighted by Gasteiger charge is 2.29. The highest BCUT2D eigenvalue weighted by atomic mass is 35.5. The van der Waals surface area contributed by atoms with Gasteiger partial charge in [0.2, 0.25) is 0 Å². The molecule has 0 spiro atoms. The summed E-state index contributed by atoms with van der Waals surface area (Å²) in [6.07, 6.45) is 4.92. The molecular weight excluding hydrogens is 250 g/mol. The second-order valence-electron chi connectivity index (χ2n) is 5.15. The molecule has 4 nitrogen and oxygen atoms in total. The Hall–Kier alpha value is -1.29. The van der Waals surface area contributed by atoms with Crippen molar-refractivity contribution >= 4 is 24.1 Å². The van der Waals surface area contributed by atoms with Gasteiger partial charge >= 0.3 is 0 Å². The molecule has 1 aromatic rings. The third kappa shape index (κ3) is 3.60. The summed E-state index contributed by atoms with van der Waals surface area (Å²) < 4.78 is 0. The molecule has 1 saturated carbocycles. The van der Waals surface area contributed by atoms with Gasteiger partial charge < -0.3 is 11.1 Å². The van der Waals surface area contributed by atoms with Crippen molar-refractivity contribution in [3.8, 4) is 0 Å². The molecule has 1 aliphatic rings. The van der Waals surface area contributed by atoms with E-state index in [1.54, 1.807) is 18.2 Å². The molecule has 1 aromatic heterocycles. The van der Waals surface area contributed by atoms with Crippen LogP contribution in [0.15, 0.2) is 18.2 Å². The molecule has 2 rings (SSSR count). The van der Waals surface area contributed by atoms with E-state index in [1.165, 1.54) is 25.7 Å². The molecule has 0 saturated heterocycles. The Balaban J connectivity index is 0.00000162. The van der Waals surface area contributed by atoms with E-state index in [0.717, 1.165) is 6.54 Å². The largest absolute Gasteiger partial charge is 0.384 e. The van der Waals surface area contributed by atoms with Gasteiger partial charge in [0, 0.05) is 6.54 Å². The van der Waals surface area contributed by atoms with Crippen LogP contribution in [-0.4, -0.2) is 17.4 Å². The van der Waals surface area contributed by atoms with Gasteiger partial charge in [0.25, 0.3) is 5.91 Å². The lowest BCUT2D eigenvalue weighted by molar-refractivity contribution is 0.0929. The highest BCUT2D eigenvalue weighted by Crippen LogP contribution is 2.36. The number of amides is 1. The minimum absolute atomic E-state index is 0. The van der Waals surface area contributed by atoms with E-state index in [1.807, 2.05) is 0 Å². The molecular formula is C13H20ClN3O. The number of aromatic nitrogens is 1. The lowest BCUT2D eigenvalue weighted by Crippen LogP contribution is -2.34. The Morgan fingerprint density at radius 3 is 2.72 bits per heavy atom. The van der Waals surface area contributed by atoms with Crippen LogP contribution in [0.2, 0.25) is 0 Å². The van der Waals surface area contributed by atoms with Crippen LogP contribution in [0.5, 0.6) is 0 Å².